The van der Waals surface area contributed by atoms with Gasteiger partial charge in [-0.2, -0.15) is 13.2 Å². The zero-order chi connectivity index (χ0) is 31.2. The van der Waals surface area contributed by atoms with Gasteiger partial charge in [-0.1, -0.05) is 6.07 Å². The van der Waals surface area contributed by atoms with Crippen molar-refractivity contribution in [1.29, 1.82) is 0 Å². The Hall–Kier alpha value is -4.50. The number of piperidine rings is 1. The lowest BCUT2D eigenvalue weighted by Crippen LogP contribution is -2.49. The first kappa shape index (κ1) is 30.5. The summed E-state index contributed by atoms with van der Waals surface area (Å²) in [6.45, 7) is 5.72. The van der Waals surface area contributed by atoms with E-state index in [0.717, 1.165) is 64.0 Å². The fraction of sp³-hybridized carbons (Fsp3) is 0.433. The predicted octanol–water partition coefficient (Wildman–Crippen LogP) is 4.28. The van der Waals surface area contributed by atoms with E-state index in [-0.39, 0.29) is 18.9 Å². The van der Waals surface area contributed by atoms with E-state index in [1.807, 2.05) is 12.1 Å². The maximum absolute atomic E-state index is 13.7. The first-order valence-corrected chi connectivity index (χ1v) is 14.8. The zero-order valence-corrected chi connectivity index (χ0v) is 24.8. The minimum Gasteiger partial charge on any atom is -0.494 e. The highest BCUT2D eigenvalue weighted by atomic mass is 19.4. The van der Waals surface area contributed by atoms with Gasteiger partial charge in [0, 0.05) is 61.9 Å². The van der Waals surface area contributed by atoms with E-state index >= 15 is 0 Å². The number of halogens is 3. The summed E-state index contributed by atoms with van der Waals surface area (Å²) in [7, 11) is 1.62. The van der Waals surface area contributed by atoms with Crippen molar-refractivity contribution in [2.45, 2.75) is 31.6 Å². The number of hydrogen-bond donors (Lipinski definition) is 1. The van der Waals surface area contributed by atoms with E-state index in [9.17, 15) is 13.2 Å². The van der Waals surface area contributed by atoms with Gasteiger partial charge in [0.1, 0.15) is 24.4 Å². The summed E-state index contributed by atoms with van der Waals surface area (Å²) in [4.78, 5) is 13.7. The molecule has 0 unspecified atom stereocenters. The summed E-state index contributed by atoms with van der Waals surface area (Å²) in [5, 5.41) is 13.9. The first-order valence-electron chi connectivity index (χ1n) is 14.8. The van der Waals surface area contributed by atoms with Crippen molar-refractivity contribution < 1.29 is 27.4 Å². The fourth-order valence-corrected chi connectivity index (χ4v) is 5.66. The van der Waals surface area contributed by atoms with Crippen LogP contribution in [0, 0.1) is 0 Å². The van der Waals surface area contributed by atoms with E-state index in [2.05, 4.69) is 46.7 Å². The number of anilines is 3. The summed E-state index contributed by atoms with van der Waals surface area (Å²) in [5.41, 5.74) is 1.92. The van der Waals surface area contributed by atoms with Crippen molar-refractivity contribution in [3.63, 3.8) is 0 Å². The van der Waals surface area contributed by atoms with Crippen LogP contribution in [0.3, 0.4) is 0 Å². The number of ether oxygens (including phenoxy) is 3. The highest BCUT2D eigenvalue weighted by molar-refractivity contribution is 5.69. The van der Waals surface area contributed by atoms with Crippen molar-refractivity contribution in [3.05, 3.63) is 60.7 Å². The second kappa shape index (κ2) is 13.6. The molecule has 2 aliphatic rings. The Balaban J connectivity index is 1.11. The Morgan fingerprint density at radius 2 is 1.73 bits per heavy atom. The van der Waals surface area contributed by atoms with Gasteiger partial charge in [0.2, 0.25) is 5.95 Å². The standard InChI is InChI=1S/C30H34F3N9O3/c1-43-28-17-24(40-8-6-23(7-9-40)41-10-13-44-14-11-41)3-5-26(28)37-29-34-18-22(19-35-29)21-2-4-25(30(31,32)33)27(16-21)45-15-12-42-20-36-38-39-42/h2-5,16-20,23H,6-15H2,1H3,(H,34,35,37). The third-order valence-electron chi connectivity index (χ3n) is 8.06. The summed E-state index contributed by atoms with van der Waals surface area (Å²) in [6.07, 6.45) is 2.08. The summed E-state index contributed by atoms with van der Waals surface area (Å²) in [6, 6.07) is 10.3. The molecular weight excluding hydrogens is 591 g/mol. The molecule has 0 spiro atoms. The largest absolute Gasteiger partial charge is 0.494 e. The maximum atomic E-state index is 13.7. The minimum atomic E-state index is -4.58. The summed E-state index contributed by atoms with van der Waals surface area (Å²) in [5.74, 6) is 0.674. The van der Waals surface area contributed by atoms with Gasteiger partial charge in [0.15, 0.2) is 0 Å². The van der Waals surface area contributed by atoms with Crippen LogP contribution in [-0.2, 0) is 17.5 Å². The van der Waals surface area contributed by atoms with Crippen LogP contribution in [0.25, 0.3) is 11.1 Å². The van der Waals surface area contributed by atoms with Gasteiger partial charge >= 0.3 is 6.18 Å². The number of rotatable bonds is 10. The van der Waals surface area contributed by atoms with Gasteiger partial charge in [-0.15, -0.1) is 5.10 Å². The van der Waals surface area contributed by atoms with Crippen molar-refractivity contribution in [2.24, 2.45) is 0 Å². The van der Waals surface area contributed by atoms with Gasteiger partial charge in [0.05, 0.1) is 38.1 Å². The Kier molecular flexibility index (Phi) is 9.26. The second-order valence-corrected chi connectivity index (χ2v) is 10.8. The molecule has 0 radical (unpaired) electrons. The van der Waals surface area contributed by atoms with Crippen LogP contribution >= 0.6 is 0 Å². The normalized spacial score (nSPS) is 16.5. The number of methoxy groups -OCH3 is 1. The Labute approximate surface area is 258 Å². The lowest BCUT2D eigenvalue weighted by molar-refractivity contribution is -0.139. The number of nitrogens with one attached hydrogen (secondary N) is 1. The van der Waals surface area contributed by atoms with Crippen molar-refractivity contribution in [2.75, 3.05) is 63.3 Å². The quantitative estimate of drug-likeness (QED) is 0.272. The molecule has 6 rings (SSSR count). The van der Waals surface area contributed by atoms with Crippen LogP contribution in [0.4, 0.5) is 30.5 Å². The fourth-order valence-electron chi connectivity index (χ4n) is 5.66. The van der Waals surface area contributed by atoms with E-state index in [4.69, 9.17) is 14.2 Å². The molecule has 4 aromatic rings. The molecule has 1 N–H and O–H groups in total. The maximum Gasteiger partial charge on any atom is 0.419 e. The number of morpholine rings is 1. The van der Waals surface area contributed by atoms with Crippen molar-refractivity contribution in [3.8, 4) is 22.6 Å². The molecule has 2 saturated heterocycles. The monoisotopic (exact) mass is 625 g/mol. The molecule has 12 nitrogen and oxygen atoms in total. The number of hydrogen-bond acceptors (Lipinski definition) is 11. The van der Waals surface area contributed by atoms with Gasteiger partial charge in [-0.25, -0.2) is 14.6 Å². The number of alkyl halides is 3. The number of tetrazole rings is 1. The lowest BCUT2D eigenvalue weighted by Gasteiger charge is -2.40. The molecule has 0 amide bonds. The Morgan fingerprint density at radius 3 is 2.42 bits per heavy atom. The molecule has 238 valence electrons. The molecular formula is C30H34F3N9O3. The molecule has 2 fully saturated rings. The van der Waals surface area contributed by atoms with E-state index in [0.29, 0.717) is 34.6 Å². The molecule has 2 aromatic heterocycles. The van der Waals surface area contributed by atoms with Crippen LogP contribution in [0.5, 0.6) is 11.5 Å². The molecule has 15 heteroatoms. The van der Waals surface area contributed by atoms with E-state index < -0.39 is 11.7 Å². The van der Waals surface area contributed by atoms with Crippen molar-refractivity contribution >= 4 is 17.3 Å². The minimum absolute atomic E-state index is 0.0513. The molecule has 2 aliphatic heterocycles. The average Bonchev–Trinajstić information content (AvgIpc) is 3.59. The third-order valence-corrected chi connectivity index (χ3v) is 8.06. The summed E-state index contributed by atoms with van der Waals surface area (Å²) < 4.78 is 59.0. The SMILES string of the molecule is COc1cc(N2CCC(N3CCOCC3)CC2)ccc1Nc1ncc(-c2ccc(C(F)(F)F)c(OCCn3cnnn3)c2)cn1. The summed E-state index contributed by atoms with van der Waals surface area (Å²) >= 11 is 0. The Morgan fingerprint density at radius 1 is 0.956 bits per heavy atom. The van der Waals surface area contributed by atoms with Crippen LogP contribution < -0.4 is 19.7 Å². The Bertz CT molecular complexity index is 1540. The number of benzene rings is 2. The molecule has 0 aliphatic carbocycles. The van der Waals surface area contributed by atoms with Crippen LogP contribution in [0.2, 0.25) is 0 Å². The van der Waals surface area contributed by atoms with Crippen LogP contribution in [-0.4, -0.2) is 94.2 Å². The van der Waals surface area contributed by atoms with Gasteiger partial charge in [-0.3, -0.25) is 4.90 Å². The third kappa shape index (κ3) is 7.42. The predicted molar refractivity (Wildman–Crippen MR) is 160 cm³/mol. The molecule has 0 atom stereocenters. The highest BCUT2D eigenvalue weighted by Gasteiger charge is 2.34. The van der Waals surface area contributed by atoms with Gasteiger partial charge in [0.25, 0.3) is 0 Å². The lowest BCUT2D eigenvalue weighted by atomic mass is 10.0. The van der Waals surface area contributed by atoms with Crippen LogP contribution in [0.15, 0.2) is 55.1 Å². The topological polar surface area (TPSA) is 116 Å². The number of aromatic nitrogens is 6. The smallest absolute Gasteiger partial charge is 0.419 e. The molecule has 45 heavy (non-hydrogen) atoms. The molecule has 0 saturated carbocycles. The zero-order valence-electron chi connectivity index (χ0n) is 24.8. The second-order valence-electron chi connectivity index (χ2n) is 10.8. The molecule has 4 heterocycles. The van der Waals surface area contributed by atoms with E-state index in [1.165, 1.54) is 23.1 Å². The van der Waals surface area contributed by atoms with Gasteiger partial charge in [-0.05, 0) is 53.1 Å². The highest BCUT2D eigenvalue weighted by Crippen LogP contribution is 2.39. The van der Waals surface area contributed by atoms with Crippen molar-refractivity contribution in [1.82, 2.24) is 35.1 Å². The molecule has 2 aromatic carbocycles. The molecule has 0 bridgehead atoms. The van der Waals surface area contributed by atoms with E-state index in [1.54, 1.807) is 19.5 Å². The van der Waals surface area contributed by atoms with Crippen LogP contribution in [0.1, 0.15) is 18.4 Å². The first-order chi connectivity index (χ1) is 21.9. The average molecular weight is 626 g/mol. The van der Waals surface area contributed by atoms with Gasteiger partial charge < -0.3 is 24.4 Å². The number of nitrogens with zero attached hydrogens (tertiary/aromatic N) is 8.